The fraction of sp³-hybridized carbons (Fsp3) is 0.460. The lowest BCUT2D eigenvalue weighted by Crippen LogP contribution is -2.57. The van der Waals surface area contributed by atoms with E-state index in [1.54, 1.807) is 18.0 Å². The lowest BCUT2D eigenvalue weighted by atomic mass is 9.99. The number of alkyl halides is 2. The van der Waals surface area contributed by atoms with Crippen LogP contribution in [0, 0.1) is 0 Å². The molecule has 5 aromatic rings. The number of aromatic nitrogens is 2. The maximum absolute atomic E-state index is 14.3. The van der Waals surface area contributed by atoms with Gasteiger partial charge in [0, 0.05) is 30.6 Å². The number of imide groups is 1. The summed E-state index contributed by atoms with van der Waals surface area (Å²) in [6.45, 7) is -0.0495. The molecule has 6 atom stereocenters. The molecule has 0 bridgehead atoms. The first-order valence-electron chi connectivity index (χ1n) is 24.4. The summed E-state index contributed by atoms with van der Waals surface area (Å²) in [5.41, 5.74) is 8.47. The Morgan fingerprint density at radius 1 is 0.959 bits per heavy atom. The van der Waals surface area contributed by atoms with Crippen LogP contribution in [0.3, 0.4) is 0 Å². The van der Waals surface area contributed by atoms with Crippen LogP contribution in [-0.2, 0) is 48.4 Å². The van der Waals surface area contributed by atoms with Crippen molar-refractivity contribution in [2.75, 3.05) is 6.61 Å². The van der Waals surface area contributed by atoms with Crippen molar-refractivity contribution >= 4 is 87.1 Å². The first kappa shape index (κ1) is 53.2. The van der Waals surface area contributed by atoms with Crippen molar-refractivity contribution in [1.29, 1.82) is 0 Å². The molecule has 5 heterocycles. The number of hydrogen-bond donors (Lipinski definition) is 5. The number of amides is 6. The van der Waals surface area contributed by atoms with Gasteiger partial charge in [-0.3, -0.25) is 43.2 Å². The predicted octanol–water partition coefficient (Wildman–Crippen LogP) is 6.79. The molecule has 6 amide bonds. The van der Waals surface area contributed by atoms with Crippen LogP contribution < -0.4 is 36.6 Å². The minimum atomic E-state index is -5.22. The first-order chi connectivity index (χ1) is 34.9. The van der Waals surface area contributed by atoms with Crippen LogP contribution in [0.4, 0.5) is 8.78 Å². The number of carbonyl (C=O) groups is 6. The summed E-state index contributed by atoms with van der Waals surface area (Å²) in [6.07, 6.45) is 4.30. The van der Waals surface area contributed by atoms with E-state index >= 15 is 0 Å². The summed E-state index contributed by atoms with van der Waals surface area (Å²) in [5.74, 6) is -2.66. The number of ether oxygens (including phenoxy) is 1. The fourth-order valence-corrected chi connectivity index (χ4v) is 11.7. The monoisotopic (exact) mass is 1070 g/mol. The maximum Gasteiger partial charge on any atom is 0.442 e. The van der Waals surface area contributed by atoms with Crippen LogP contribution in [0.15, 0.2) is 65.5 Å². The summed E-state index contributed by atoms with van der Waals surface area (Å²) in [4.78, 5) is 103. The molecular formula is C50H57ClF2N7O11PS. The molecule has 3 aromatic carbocycles. The van der Waals surface area contributed by atoms with E-state index in [2.05, 4.69) is 20.5 Å². The molecule has 8 rings (SSSR count). The van der Waals surface area contributed by atoms with Gasteiger partial charge in [-0.05, 0) is 123 Å². The Kier molecular flexibility index (Phi) is 16.7. The van der Waals surface area contributed by atoms with Crippen molar-refractivity contribution < 1.29 is 56.3 Å². The molecule has 3 saturated heterocycles. The van der Waals surface area contributed by atoms with Crippen LogP contribution in [0.25, 0.3) is 21.1 Å². The topological polar surface area (TPSA) is 250 Å². The molecule has 0 saturated carbocycles. The third-order valence-electron chi connectivity index (χ3n) is 13.8. The number of aryl methyl sites for hydroxylation is 3. The highest BCUT2D eigenvalue weighted by Crippen LogP contribution is 2.49. The van der Waals surface area contributed by atoms with E-state index in [-0.39, 0.29) is 60.6 Å². The van der Waals surface area contributed by atoms with Gasteiger partial charge in [-0.25, -0.2) is 9.36 Å². The van der Waals surface area contributed by atoms with Crippen molar-refractivity contribution in [1.82, 2.24) is 30.0 Å². The van der Waals surface area contributed by atoms with Crippen molar-refractivity contribution in [2.45, 2.75) is 133 Å². The van der Waals surface area contributed by atoms with Crippen LogP contribution in [0.1, 0.15) is 110 Å². The maximum atomic E-state index is 14.3. The van der Waals surface area contributed by atoms with E-state index in [0.717, 1.165) is 54.6 Å². The molecule has 3 aliphatic rings. The lowest BCUT2D eigenvalue weighted by molar-refractivity contribution is -0.143. The molecule has 0 aliphatic carbocycles. The van der Waals surface area contributed by atoms with Gasteiger partial charge in [0.2, 0.25) is 29.5 Å². The van der Waals surface area contributed by atoms with E-state index < -0.39 is 67.5 Å². The lowest BCUT2D eigenvalue weighted by Gasteiger charge is -2.35. The van der Waals surface area contributed by atoms with Crippen molar-refractivity contribution in [3.05, 3.63) is 92.2 Å². The number of hydrogen-bond acceptors (Lipinski definition) is 11. The zero-order valence-electron chi connectivity index (χ0n) is 40.0. The second kappa shape index (κ2) is 22.9. The van der Waals surface area contributed by atoms with Crippen LogP contribution in [-0.4, -0.2) is 91.3 Å². The minimum absolute atomic E-state index is 0.0444. The van der Waals surface area contributed by atoms with E-state index in [1.807, 2.05) is 30.3 Å². The SMILES string of the molecule is Cn1c(=O)n(C2CCC(=O)NC2=O)c2ccc(CCCCCc3cccc(OCC(CCC(N)=O)NC(=O)[C@@H]4CC[C@@H]5CCCC[C@H](NC(=O)c6cc7cc(OP(=O)(O)C(F)F)ccc7s6)C(=O)N54)c3Cl)cc21. The quantitative estimate of drug-likeness (QED) is 0.0308. The predicted molar refractivity (Wildman–Crippen MR) is 269 cm³/mol. The highest BCUT2D eigenvalue weighted by Gasteiger charge is 2.44. The van der Waals surface area contributed by atoms with Gasteiger partial charge in [-0.1, -0.05) is 49.1 Å². The highest BCUT2D eigenvalue weighted by atomic mass is 35.5. The minimum Gasteiger partial charge on any atom is -0.490 e. The number of nitrogens with two attached hydrogens (primary N) is 1. The molecule has 23 heteroatoms. The summed E-state index contributed by atoms with van der Waals surface area (Å²) in [7, 11) is -3.55. The molecule has 3 aliphatic heterocycles. The average molecular weight is 1070 g/mol. The third-order valence-corrected chi connectivity index (χ3v) is 16.3. The molecule has 3 unspecified atom stereocenters. The number of carbonyl (C=O) groups excluding carboxylic acids is 6. The largest absolute Gasteiger partial charge is 0.490 e. The Morgan fingerprint density at radius 2 is 1.74 bits per heavy atom. The van der Waals surface area contributed by atoms with E-state index in [9.17, 15) is 51.8 Å². The zero-order chi connectivity index (χ0) is 52.1. The van der Waals surface area contributed by atoms with Gasteiger partial charge in [-0.15, -0.1) is 11.3 Å². The van der Waals surface area contributed by atoms with Crippen LogP contribution >= 0.6 is 30.5 Å². The number of nitrogens with one attached hydrogen (secondary N) is 3. The van der Waals surface area contributed by atoms with Gasteiger partial charge >= 0.3 is 19.5 Å². The van der Waals surface area contributed by atoms with Crippen molar-refractivity contribution in [3.63, 3.8) is 0 Å². The number of rotatable bonds is 20. The van der Waals surface area contributed by atoms with Gasteiger partial charge < -0.3 is 35.4 Å². The number of piperidine rings is 1. The standard InChI is InChI=1S/C50H57ClF2N7O11PS/c1-58-38-24-28(14-18-35(38)60(50(58)67)37-20-23-43(62)57-46(37)64)8-3-2-4-9-29-10-7-13-39(44(29)51)70-27-31(15-22-42(54)61)55-45(63)36-19-16-32-11-5-6-12-34(48(66)59(32)36)56-47(65)41-26-30-25-33(17-21-40(30)73-41)71-72(68,69)49(52)53/h7,10,13-14,17-18,21,24-26,31-32,34,36-37,49H,2-6,8-9,11-12,15-16,19-20,22-23,27H2,1H3,(H2,54,61)(H,55,63)(H,56,65)(H,68,69)(H,57,62,64)/t31?,32-,34-,36-,37?/m0/s1. The molecule has 18 nitrogen and oxygen atoms in total. The van der Waals surface area contributed by atoms with Gasteiger partial charge in [0.05, 0.1) is 27.0 Å². The molecule has 0 spiro atoms. The normalized spacial score (nSPS) is 20.5. The van der Waals surface area contributed by atoms with E-state index in [1.165, 1.54) is 33.4 Å². The molecular weight excluding hydrogens is 1010 g/mol. The molecule has 2 aromatic heterocycles. The molecule has 0 radical (unpaired) electrons. The second-order valence-corrected chi connectivity index (χ2v) is 22.0. The van der Waals surface area contributed by atoms with E-state index in [4.69, 9.17) is 22.1 Å². The molecule has 390 valence electrons. The van der Waals surface area contributed by atoms with Gasteiger partial charge in [0.25, 0.3) is 5.91 Å². The number of benzene rings is 3. The molecule has 73 heavy (non-hydrogen) atoms. The smallest absolute Gasteiger partial charge is 0.442 e. The number of thiophene rings is 1. The Bertz CT molecular complexity index is 3060. The summed E-state index contributed by atoms with van der Waals surface area (Å²) in [5, 5.41) is 9.00. The van der Waals surface area contributed by atoms with Crippen molar-refractivity contribution in [2.24, 2.45) is 12.8 Å². The average Bonchev–Trinajstić information content (AvgIpc) is 4.04. The van der Waals surface area contributed by atoms with E-state index in [0.29, 0.717) is 70.4 Å². The Balaban J connectivity index is 0.855. The first-order valence-corrected chi connectivity index (χ1v) is 27.2. The number of unbranched alkanes of at least 4 members (excludes halogenated alkanes) is 2. The number of halogens is 3. The van der Waals surface area contributed by atoms with Crippen LogP contribution in [0.2, 0.25) is 5.02 Å². The number of imidazole rings is 1. The Labute approximate surface area is 427 Å². The van der Waals surface area contributed by atoms with Crippen molar-refractivity contribution in [3.8, 4) is 11.5 Å². The van der Waals surface area contributed by atoms with Crippen LogP contribution in [0.5, 0.6) is 11.5 Å². The summed E-state index contributed by atoms with van der Waals surface area (Å²) < 4.78 is 52.1. The van der Waals surface area contributed by atoms with Gasteiger partial charge in [0.1, 0.15) is 36.2 Å². The number of nitrogens with zero attached hydrogens (tertiary/aromatic N) is 3. The zero-order valence-corrected chi connectivity index (χ0v) is 42.5. The summed E-state index contributed by atoms with van der Waals surface area (Å²) in [6, 6.07) is 13.2. The van der Waals surface area contributed by atoms with Gasteiger partial charge in [-0.2, -0.15) is 8.78 Å². The molecule has 3 fully saturated rings. The fourth-order valence-electron chi connectivity index (χ4n) is 10.0. The Hall–Kier alpha value is -6.15. The Morgan fingerprint density at radius 3 is 2.51 bits per heavy atom. The van der Waals surface area contributed by atoms with Gasteiger partial charge in [0.15, 0.2) is 0 Å². The number of fused-ring (bicyclic) bond motifs is 3. The summed E-state index contributed by atoms with van der Waals surface area (Å²) >= 11 is 7.96. The molecule has 6 N–H and O–H groups in total. The number of primary amides is 1. The second-order valence-electron chi connectivity index (χ2n) is 18.9. The third kappa shape index (κ3) is 12.3. The highest BCUT2D eigenvalue weighted by molar-refractivity contribution is 7.53.